The molecule has 1 amide bonds. The highest BCUT2D eigenvalue weighted by Gasteiger charge is 2.32. The lowest BCUT2D eigenvalue weighted by molar-refractivity contribution is 0.0904. The Bertz CT molecular complexity index is 936. The van der Waals surface area contributed by atoms with Crippen LogP contribution in [-0.4, -0.2) is 39.5 Å². The Morgan fingerprint density at radius 2 is 2.12 bits per heavy atom. The van der Waals surface area contributed by atoms with Gasteiger partial charge in [0.05, 0.1) is 7.11 Å². The molecule has 2 heterocycles. The van der Waals surface area contributed by atoms with Crippen molar-refractivity contribution < 1.29 is 13.9 Å². The third-order valence-corrected chi connectivity index (χ3v) is 4.53. The van der Waals surface area contributed by atoms with Gasteiger partial charge in [0.15, 0.2) is 11.6 Å². The second kappa shape index (κ2) is 6.12. The number of amides is 1. The topological polar surface area (TPSA) is 92.8 Å². The predicted molar refractivity (Wildman–Crippen MR) is 87.9 cm³/mol. The molecule has 0 bridgehead atoms. The van der Waals surface area contributed by atoms with Gasteiger partial charge in [-0.05, 0) is 48.6 Å². The molecule has 1 saturated carbocycles. The van der Waals surface area contributed by atoms with Crippen LogP contribution in [0.15, 0.2) is 30.3 Å². The van der Waals surface area contributed by atoms with Crippen LogP contribution in [0, 0.1) is 5.82 Å². The van der Waals surface area contributed by atoms with E-state index in [2.05, 4.69) is 25.7 Å². The van der Waals surface area contributed by atoms with Gasteiger partial charge in [0, 0.05) is 6.04 Å². The molecule has 0 radical (unpaired) electrons. The molecule has 0 spiro atoms. The number of carbonyl (C=O) groups excluding carboxylic acids is 1. The number of hydrogen-bond acceptors (Lipinski definition) is 5. The van der Waals surface area contributed by atoms with Crippen molar-refractivity contribution in [1.82, 2.24) is 25.7 Å². The molecule has 0 saturated heterocycles. The number of aromatic amines is 1. The summed E-state index contributed by atoms with van der Waals surface area (Å²) in [6, 6.07) is 8.37. The standard InChI is InChI=1S/C17H16FN5O2/c1-25-15-5-2-9(8-12(15)18)10-6-11(7-10)19-17(24)14-4-3-13-16(20-14)22-23-21-13/h2-5,8,10-11H,6-7H2,1H3,(H,19,24)(H,20,21,22,23). The number of hydrogen-bond donors (Lipinski definition) is 2. The highest BCUT2D eigenvalue weighted by molar-refractivity contribution is 5.94. The Labute approximate surface area is 142 Å². The van der Waals surface area contributed by atoms with Crippen LogP contribution in [-0.2, 0) is 0 Å². The average Bonchev–Trinajstić information content (AvgIpc) is 3.05. The van der Waals surface area contributed by atoms with Gasteiger partial charge in [-0.1, -0.05) is 6.07 Å². The Kier molecular flexibility index (Phi) is 3.79. The van der Waals surface area contributed by atoms with Gasteiger partial charge >= 0.3 is 0 Å². The number of nitrogens with one attached hydrogen (secondary N) is 2. The van der Waals surface area contributed by atoms with Gasteiger partial charge < -0.3 is 10.1 Å². The van der Waals surface area contributed by atoms with Crippen molar-refractivity contribution in [1.29, 1.82) is 0 Å². The van der Waals surface area contributed by atoms with E-state index in [9.17, 15) is 9.18 Å². The smallest absolute Gasteiger partial charge is 0.270 e. The molecule has 1 aliphatic rings. The van der Waals surface area contributed by atoms with Crippen molar-refractivity contribution in [3.63, 3.8) is 0 Å². The normalized spacial score (nSPS) is 19.4. The minimum atomic E-state index is -0.363. The summed E-state index contributed by atoms with van der Waals surface area (Å²) < 4.78 is 18.7. The van der Waals surface area contributed by atoms with E-state index in [1.165, 1.54) is 13.2 Å². The van der Waals surface area contributed by atoms with Crippen LogP contribution in [0.1, 0.15) is 34.8 Å². The fourth-order valence-electron chi connectivity index (χ4n) is 3.07. The summed E-state index contributed by atoms with van der Waals surface area (Å²) in [6.07, 6.45) is 1.54. The lowest BCUT2D eigenvalue weighted by Crippen LogP contribution is -2.43. The minimum Gasteiger partial charge on any atom is -0.494 e. The third-order valence-electron chi connectivity index (χ3n) is 4.53. The van der Waals surface area contributed by atoms with Gasteiger partial charge in [0.2, 0.25) is 5.65 Å². The maximum absolute atomic E-state index is 13.8. The molecular weight excluding hydrogens is 325 g/mol. The zero-order chi connectivity index (χ0) is 17.4. The first-order valence-electron chi connectivity index (χ1n) is 7.96. The molecule has 1 aromatic carbocycles. The van der Waals surface area contributed by atoms with E-state index in [1.54, 1.807) is 18.2 Å². The lowest BCUT2D eigenvalue weighted by Gasteiger charge is -2.36. The summed E-state index contributed by atoms with van der Waals surface area (Å²) in [7, 11) is 1.44. The van der Waals surface area contributed by atoms with Gasteiger partial charge in [-0.2, -0.15) is 10.3 Å². The summed E-state index contributed by atoms with van der Waals surface area (Å²) in [6.45, 7) is 0. The summed E-state index contributed by atoms with van der Waals surface area (Å²) in [4.78, 5) is 16.5. The average molecular weight is 341 g/mol. The first-order valence-corrected chi connectivity index (χ1v) is 7.96. The number of rotatable bonds is 4. The number of halogens is 1. The zero-order valence-electron chi connectivity index (χ0n) is 13.5. The van der Waals surface area contributed by atoms with E-state index in [4.69, 9.17) is 4.74 Å². The largest absolute Gasteiger partial charge is 0.494 e. The van der Waals surface area contributed by atoms with E-state index in [-0.39, 0.29) is 29.4 Å². The number of carbonyl (C=O) groups is 1. The summed E-state index contributed by atoms with van der Waals surface area (Å²) >= 11 is 0. The maximum Gasteiger partial charge on any atom is 0.270 e. The van der Waals surface area contributed by atoms with Gasteiger partial charge in [-0.3, -0.25) is 4.79 Å². The molecule has 0 aliphatic heterocycles. The van der Waals surface area contributed by atoms with Crippen LogP contribution < -0.4 is 10.1 Å². The number of pyridine rings is 1. The van der Waals surface area contributed by atoms with Crippen LogP contribution in [0.5, 0.6) is 5.75 Å². The van der Waals surface area contributed by atoms with E-state index in [0.717, 1.165) is 18.4 Å². The molecule has 128 valence electrons. The summed E-state index contributed by atoms with van der Waals surface area (Å²) in [5.41, 5.74) is 2.25. The van der Waals surface area contributed by atoms with Crippen LogP contribution >= 0.6 is 0 Å². The second-order valence-electron chi connectivity index (χ2n) is 6.10. The number of aromatic nitrogens is 4. The summed E-state index contributed by atoms with van der Waals surface area (Å²) in [5, 5.41) is 13.2. The van der Waals surface area contributed by atoms with Gasteiger partial charge in [0.1, 0.15) is 11.2 Å². The number of fused-ring (bicyclic) bond motifs is 1. The van der Waals surface area contributed by atoms with Crippen LogP contribution in [0.25, 0.3) is 11.2 Å². The molecule has 2 aromatic heterocycles. The van der Waals surface area contributed by atoms with Gasteiger partial charge in [0.25, 0.3) is 5.91 Å². The molecule has 25 heavy (non-hydrogen) atoms. The SMILES string of the molecule is COc1ccc(C2CC(NC(=O)c3ccc4n[nH]nc4n3)C2)cc1F. The van der Waals surface area contributed by atoms with Crippen molar-refractivity contribution in [3.8, 4) is 5.75 Å². The highest BCUT2D eigenvalue weighted by Crippen LogP contribution is 2.38. The first kappa shape index (κ1) is 15.5. The fraction of sp³-hybridized carbons (Fsp3) is 0.294. The number of ether oxygens (including phenoxy) is 1. The number of benzene rings is 1. The van der Waals surface area contributed by atoms with Crippen molar-refractivity contribution in [2.45, 2.75) is 24.8 Å². The highest BCUT2D eigenvalue weighted by atomic mass is 19.1. The molecule has 3 aromatic rings. The molecule has 1 fully saturated rings. The van der Waals surface area contributed by atoms with Crippen molar-refractivity contribution >= 4 is 17.1 Å². The fourth-order valence-corrected chi connectivity index (χ4v) is 3.07. The molecule has 1 aliphatic carbocycles. The second-order valence-corrected chi connectivity index (χ2v) is 6.10. The van der Waals surface area contributed by atoms with E-state index < -0.39 is 0 Å². The Morgan fingerprint density at radius 3 is 2.88 bits per heavy atom. The van der Waals surface area contributed by atoms with Crippen molar-refractivity contribution in [2.24, 2.45) is 0 Å². The zero-order valence-corrected chi connectivity index (χ0v) is 13.5. The lowest BCUT2D eigenvalue weighted by atomic mass is 9.76. The number of nitrogens with zero attached hydrogens (tertiary/aromatic N) is 3. The van der Waals surface area contributed by atoms with Crippen molar-refractivity contribution in [2.75, 3.05) is 7.11 Å². The maximum atomic E-state index is 13.8. The number of H-pyrrole nitrogens is 1. The molecular formula is C17H16FN5O2. The molecule has 7 nitrogen and oxygen atoms in total. The van der Waals surface area contributed by atoms with Crippen LogP contribution in [0.2, 0.25) is 0 Å². The third kappa shape index (κ3) is 2.90. The minimum absolute atomic E-state index is 0.0532. The molecule has 2 N–H and O–H groups in total. The summed E-state index contributed by atoms with van der Waals surface area (Å²) in [5.74, 6) is -0.134. The monoisotopic (exact) mass is 341 g/mol. The quantitative estimate of drug-likeness (QED) is 0.759. The molecule has 8 heteroatoms. The Balaban J connectivity index is 1.37. The number of methoxy groups -OCH3 is 1. The Hall–Kier alpha value is -3.03. The molecule has 0 atom stereocenters. The van der Waals surface area contributed by atoms with Crippen molar-refractivity contribution in [3.05, 3.63) is 47.4 Å². The van der Waals surface area contributed by atoms with Gasteiger partial charge in [-0.25, -0.2) is 9.37 Å². The molecule has 0 unspecified atom stereocenters. The van der Waals surface area contributed by atoms with E-state index in [0.29, 0.717) is 16.9 Å². The van der Waals surface area contributed by atoms with E-state index in [1.807, 2.05) is 6.07 Å². The first-order chi connectivity index (χ1) is 12.1. The Morgan fingerprint density at radius 1 is 1.28 bits per heavy atom. The predicted octanol–water partition coefficient (Wildman–Crippen LogP) is 2.18. The molecule has 4 rings (SSSR count). The van der Waals surface area contributed by atoms with Crippen LogP contribution in [0.3, 0.4) is 0 Å². The van der Waals surface area contributed by atoms with Crippen LogP contribution in [0.4, 0.5) is 4.39 Å². The van der Waals surface area contributed by atoms with Gasteiger partial charge in [-0.15, -0.1) is 5.10 Å². The van der Waals surface area contributed by atoms with E-state index >= 15 is 0 Å².